The van der Waals surface area contributed by atoms with Gasteiger partial charge in [-0.2, -0.15) is 0 Å². The van der Waals surface area contributed by atoms with Gasteiger partial charge in [0.25, 0.3) is 5.91 Å². The van der Waals surface area contributed by atoms with Gasteiger partial charge in [0.15, 0.2) is 0 Å². The van der Waals surface area contributed by atoms with Crippen LogP contribution in [0.1, 0.15) is 29.9 Å². The number of pyridine rings is 2. The summed E-state index contributed by atoms with van der Waals surface area (Å²) < 4.78 is 6.95. The molecule has 0 aromatic carbocycles. The molecule has 1 N–H and O–H groups in total. The fourth-order valence-corrected chi connectivity index (χ4v) is 3.77. The number of aromatic nitrogens is 2. The number of hydrogen-bond donors (Lipinski definition) is 1. The third kappa shape index (κ3) is 5.32. The van der Waals surface area contributed by atoms with E-state index in [-0.39, 0.29) is 30.6 Å². The second-order valence-corrected chi connectivity index (χ2v) is 8.56. The number of carbonyl (C=O) groups excluding carboxylic acids is 1. The summed E-state index contributed by atoms with van der Waals surface area (Å²) in [4.78, 5) is 25.7. The standard InChI is InChI=1S/C21H27BrN4O3/c1-14-10-26(15(2)13-27)21(28)18-8-16(22)9-24-20(18)29-19(14)12-25(3)11-17-6-4-5-7-23-17/h4-9,14-15,19,27H,10-13H2,1-3H3/t14-,15+,19-/m0/s1. The zero-order valence-electron chi connectivity index (χ0n) is 17.0. The van der Waals surface area contributed by atoms with Gasteiger partial charge in [-0.25, -0.2) is 4.98 Å². The predicted octanol–water partition coefficient (Wildman–Crippen LogP) is 2.59. The fourth-order valence-electron chi connectivity index (χ4n) is 3.43. The summed E-state index contributed by atoms with van der Waals surface area (Å²) in [7, 11) is 2.03. The zero-order valence-corrected chi connectivity index (χ0v) is 18.5. The minimum absolute atomic E-state index is 0.0535. The summed E-state index contributed by atoms with van der Waals surface area (Å²) >= 11 is 3.39. The van der Waals surface area contributed by atoms with E-state index >= 15 is 0 Å². The summed E-state index contributed by atoms with van der Waals surface area (Å²) in [5.74, 6) is 0.205. The average molecular weight is 463 g/mol. The Morgan fingerprint density at radius 2 is 2.21 bits per heavy atom. The molecule has 1 aliphatic heterocycles. The van der Waals surface area contributed by atoms with Crippen molar-refractivity contribution in [2.75, 3.05) is 26.7 Å². The molecule has 7 nitrogen and oxygen atoms in total. The molecule has 0 saturated heterocycles. The Labute approximate surface area is 179 Å². The lowest BCUT2D eigenvalue weighted by Gasteiger charge is -2.37. The third-order valence-corrected chi connectivity index (χ3v) is 5.57. The molecule has 156 valence electrons. The van der Waals surface area contributed by atoms with E-state index in [2.05, 4.69) is 37.7 Å². The van der Waals surface area contributed by atoms with E-state index in [9.17, 15) is 9.90 Å². The maximum absolute atomic E-state index is 13.1. The van der Waals surface area contributed by atoms with Gasteiger partial charge in [-0.1, -0.05) is 13.0 Å². The summed E-state index contributed by atoms with van der Waals surface area (Å²) in [6.45, 7) is 5.66. The minimum Gasteiger partial charge on any atom is -0.472 e. The highest BCUT2D eigenvalue weighted by Crippen LogP contribution is 2.28. The first kappa shape index (κ1) is 21.7. The van der Waals surface area contributed by atoms with Crippen LogP contribution in [0, 0.1) is 5.92 Å². The van der Waals surface area contributed by atoms with Gasteiger partial charge in [0.05, 0.1) is 18.3 Å². The highest BCUT2D eigenvalue weighted by atomic mass is 79.9. The minimum atomic E-state index is -0.290. The van der Waals surface area contributed by atoms with Crippen LogP contribution < -0.4 is 4.74 Å². The smallest absolute Gasteiger partial charge is 0.259 e. The molecule has 3 rings (SSSR count). The molecule has 0 aliphatic carbocycles. The Morgan fingerprint density at radius 3 is 2.90 bits per heavy atom. The summed E-state index contributed by atoms with van der Waals surface area (Å²) in [6, 6.07) is 7.31. The van der Waals surface area contributed by atoms with Crippen molar-refractivity contribution in [1.29, 1.82) is 0 Å². The molecule has 1 aliphatic rings. The first-order valence-electron chi connectivity index (χ1n) is 9.71. The van der Waals surface area contributed by atoms with Crippen LogP contribution in [0.15, 0.2) is 41.1 Å². The van der Waals surface area contributed by atoms with Crippen molar-refractivity contribution in [2.45, 2.75) is 32.5 Å². The molecule has 0 saturated carbocycles. The van der Waals surface area contributed by atoms with E-state index in [1.807, 2.05) is 32.2 Å². The predicted molar refractivity (Wildman–Crippen MR) is 114 cm³/mol. The third-order valence-electron chi connectivity index (χ3n) is 5.14. The number of carbonyl (C=O) groups is 1. The van der Waals surface area contributed by atoms with Crippen LogP contribution in [0.2, 0.25) is 0 Å². The Balaban J connectivity index is 1.85. The number of ether oxygens (including phenoxy) is 1. The first-order chi connectivity index (χ1) is 13.9. The van der Waals surface area contributed by atoms with Gasteiger partial charge in [0.1, 0.15) is 11.7 Å². The van der Waals surface area contributed by atoms with Crippen LogP contribution >= 0.6 is 15.9 Å². The van der Waals surface area contributed by atoms with Crippen LogP contribution in [0.3, 0.4) is 0 Å². The van der Waals surface area contributed by atoms with Crippen LogP contribution in [-0.4, -0.2) is 69.7 Å². The van der Waals surface area contributed by atoms with Crippen molar-refractivity contribution in [3.63, 3.8) is 0 Å². The summed E-state index contributed by atoms with van der Waals surface area (Å²) in [6.07, 6.45) is 3.25. The molecule has 29 heavy (non-hydrogen) atoms. The van der Waals surface area contributed by atoms with E-state index in [1.54, 1.807) is 23.4 Å². The average Bonchev–Trinajstić information content (AvgIpc) is 2.71. The van der Waals surface area contributed by atoms with Gasteiger partial charge in [-0.3, -0.25) is 14.7 Å². The Kier molecular flexibility index (Phi) is 7.21. The number of likely N-dealkylation sites (N-methyl/N-ethyl adjacent to an activating group) is 1. The van der Waals surface area contributed by atoms with E-state index in [0.717, 1.165) is 5.69 Å². The highest BCUT2D eigenvalue weighted by Gasteiger charge is 2.34. The zero-order chi connectivity index (χ0) is 21.0. The SMILES string of the molecule is C[C@H](CO)N1C[C@H](C)[C@H](CN(C)Cc2ccccn2)Oc2ncc(Br)cc2C1=O. The number of nitrogens with zero attached hydrogens (tertiary/aromatic N) is 4. The van der Waals surface area contributed by atoms with Gasteiger partial charge in [0.2, 0.25) is 5.88 Å². The fraction of sp³-hybridized carbons (Fsp3) is 0.476. The van der Waals surface area contributed by atoms with E-state index in [4.69, 9.17) is 4.74 Å². The normalized spacial score (nSPS) is 20.6. The molecule has 3 atom stereocenters. The number of aliphatic hydroxyl groups excluding tert-OH is 1. The molecule has 2 aromatic rings. The molecule has 2 aromatic heterocycles. The molecule has 0 fully saturated rings. The molecule has 8 heteroatoms. The van der Waals surface area contributed by atoms with Crippen LogP contribution in [0.4, 0.5) is 0 Å². The lowest BCUT2D eigenvalue weighted by atomic mass is 10.00. The lowest BCUT2D eigenvalue weighted by molar-refractivity contribution is 0.0324. The number of aliphatic hydroxyl groups is 1. The Hall–Kier alpha value is -2.03. The Morgan fingerprint density at radius 1 is 1.41 bits per heavy atom. The molecular weight excluding hydrogens is 436 g/mol. The maximum Gasteiger partial charge on any atom is 0.259 e. The lowest BCUT2D eigenvalue weighted by Crippen LogP contribution is -2.49. The van der Waals surface area contributed by atoms with Crippen molar-refractivity contribution >= 4 is 21.8 Å². The molecule has 1 amide bonds. The molecule has 0 bridgehead atoms. The van der Waals surface area contributed by atoms with Crippen molar-refractivity contribution in [2.24, 2.45) is 5.92 Å². The number of rotatable bonds is 6. The van der Waals surface area contributed by atoms with Gasteiger partial charge in [0, 0.05) is 42.4 Å². The molecule has 0 spiro atoms. The van der Waals surface area contributed by atoms with Crippen LogP contribution in [0.25, 0.3) is 0 Å². The van der Waals surface area contributed by atoms with Crippen molar-refractivity contribution < 1.29 is 14.6 Å². The quantitative estimate of drug-likeness (QED) is 0.710. The maximum atomic E-state index is 13.1. The summed E-state index contributed by atoms with van der Waals surface area (Å²) in [5.41, 5.74) is 1.39. The van der Waals surface area contributed by atoms with E-state index < -0.39 is 0 Å². The second kappa shape index (κ2) is 9.65. The van der Waals surface area contributed by atoms with Crippen molar-refractivity contribution in [3.05, 3.63) is 52.4 Å². The van der Waals surface area contributed by atoms with Gasteiger partial charge in [-0.15, -0.1) is 0 Å². The van der Waals surface area contributed by atoms with E-state index in [1.165, 1.54) is 0 Å². The molecule has 0 radical (unpaired) electrons. The van der Waals surface area contributed by atoms with Gasteiger partial charge in [-0.05, 0) is 48.1 Å². The number of hydrogen-bond acceptors (Lipinski definition) is 6. The largest absolute Gasteiger partial charge is 0.472 e. The highest BCUT2D eigenvalue weighted by molar-refractivity contribution is 9.10. The number of fused-ring (bicyclic) bond motifs is 1. The van der Waals surface area contributed by atoms with Crippen LogP contribution in [-0.2, 0) is 6.54 Å². The first-order valence-corrected chi connectivity index (χ1v) is 10.5. The monoisotopic (exact) mass is 462 g/mol. The van der Waals surface area contributed by atoms with E-state index in [0.29, 0.717) is 35.6 Å². The van der Waals surface area contributed by atoms with Crippen molar-refractivity contribution in [1.82, 2.24) is 19.8 Å². The molecular formula is C21H27BrN4O3. The summed E-state index contributed by atoms with van der Waals surface area (Å²) in [5, 5.41) is 9.67. The molecule has 0 unspecified atom stereocenters. The van der Waals surface area contributed by atoms with Gasteiger partial charge < -0.3 is 14.7 Å². The number of halogens is 1. The second-order valence-electron chi connectivity index (χ2n) is 7.65. The molecule has 3 heterocycles. The number of amides is 1. The topological polar surface area (TPSA) is 78.8 Å². The van der Waals surface area contributed by atoms with Gasteiger partial charge >= 0.3 is 0 Å². The van der Waals surface area contributed by atoms with Crippen molar-refractivity contribution in [3.8, 4) is 5.88 Å². The van der Waals surface area contributed by atoms with Crippen LogP contribution in [0.5, 0.6) is 5.88 Å². The Bertz CT molecular complexity index is 836.